The fourth-order valence-electron chi connectivity index (χ4n) is 2.54. The third kappa shape index (κ3) is 7.03. The second-order valence-electron chi connectivity index (χ2n) is 6.29. The van der Waals surface area contributed by atoms with Crippen molar-refractivity contribution in [3.63, 3.8) is 0 Å². The molecule has 3 rings (SSSR count). The first-order chi connectivity index (χ1) is 13.8. The van der Waals surface area contributed by atoms with Gasteiger partial charge in [0.15, 0.2) is 12.2 Å². The van der Waals surface area contributed by atoms with E-state index >= 15 is 0 Å². The Morgan fingerprint density at radius 3 is 2.53 bits per heavy atom. The lowest BCUT2D eigenvalue weighted by molar-refractivity contribution is -0.689. The molecular weight excluding hydrogens is 428 g/mol. The number of aromatic nitrogens is 3. The molecule has 0 amide bonds. The quantitative estimate of drug-likeness (QED) is 0.463. The lowest BCUT2D eigenvalue weighted by Crippen LogP contribution is -2.35. The Kier molecular flexibility index (Phi) is 10.3. The lowest BCUT2D eigenvalue weighted by atomic mass is 10.1. The van der Waals surface area contributed by atoms with Gasteiger partial charge in [-0.25, -0.2) is 9.97 Å². The van der Waals surface area contributed by atoms with Crippen molar-refractivity contribution in [3.05, 3.63) is 69.6 Å². The number of halogens is 1. The molecule has 1 unspecified atom stereocenters. The molecule has 10 heteroatoms. The van der Waals surface area contributed by atoms with E-state index in [1.807, 2.05) is 19.4 Å². The van der Waals surface area contributed by atoms with Crippen molar-refractivity contribution in [2.75, 3.05) is 12.3 Å². The Morgan fingerprint density at radius 1 is 1.30 bits per heavy atom. The number of carboxylic acid groups (broad SMARTS) is 1. The van der Waals surface area contributed by atoms with Crippen molar-refractivity contribution in [2.45, 2.75) is 32.9 Å². The van der Waals surface area contributed by atoms with E-state index in [2.05, 4.69) is 14.5 Å². The molecule has 1 atom stereocenters. The summed E-state index contributed by atoms with van der Waals surface area (Å²) in [6, 6.07) is 8.11. The van der Waals surface area contributed by atoms with Crippen LogP contribution in [0, 0.1) is 13.8 Å². The second kappa shape index (κ2) is 12.2. The van der Waals surface area contributed by atoms with Gasteiger partial charge in [0.2, 0.25) is 5.51 Å². The number of carboxylic acids is 1. The normalized spacial score (nSPS) is 11.1. The fourth-order valence-corrected chi connectivity index (χ4v) is 3.52. The number of thiazole rings is 1. The number of benzene rings is 1. The van der Waals surface area contributed by atoms with Crippen LogP contribution >= 0.6 is 23.7 Å². The van der Waals surface area contributed by atoms with Gasteiger partial charge in [-0.1, -0.05) is 41.7 Å². The summed E-state index contributed by atoms with van der Waals surface area (Å²) in [5.74, 6) is -0.259. The number of nitrogens with zero attached hydrogens (tertiary/aromatic N) is 3. The number of anilines is 1. The third-order valence-corrected chi connectivity index (χ3v) is 5.34. The van der Waals surface area contributed by atoms with Crippen LogP contribution in [0.15, 0.2) is 42.0 Å². The highest BCUT2D eigenvalue weighted by Crippen LogP contribution is 2.13. The number of carbonyl (C=O) groups excluding carboxylic acids is 1. The average Bonchev–Trinajstić information content (AvgIpc) is 3.04. The van der Waals surface area contributed by atoms with Gasteiger partial charge in [-0.15, -0.1) is 12.4 Å². The highest BCUT2D eigenvalue weighted by atomic mass is 35.5. The van der Waals surface area contributed by atoms with Gasteiger partial charge in [0.1, 0.15) is 17.7 Å². The Hall–Kier alpha value is -2.59. The summed E-state index contributed by atoms with van der Waals surface area (Å²) in [5.41, 5.74) is 10.3. The van der Waals surface area contributed by atoms with E-state index < -0.39 is 12.1 Å². The standard InChI is InChI=1S/C12H17N4OS.C8H8O3.ClH/c1-8-11(3-4-17)18-7-16(8)6-10-5-14-9(2)15-12(10)13;9-7(8(10)11)6-4-2-1-3-5-6;/h5,7,17H,3-4,6H2,1-2H3,(H2,13,14,15);1-5,7,9H,(H,10,11);1H/q+1;;/p-1. The molecule has 3 aromatic rings. The molecule has 0 aliphatic heterocycles. The molecule has 0 aliphatic rings. The van der Waals surface area contributed by atoms with Gasteiger partial charge in [0, 0.05) is 26.1 Å². The van der Waals surface area contributed by atoms with Crippen molar-refractivity contribution in [2.24, 2.45) is 0 Å². The number of hydrogen-bond acceptors (Lipinski definition) is 8. The summed E-state index contributed by atoms with van der Waals surface area (Å²) >= 11 is 1.65. The predicted octanol–water partition coefficient (Wildman–Crippen LogP) is 0.499. The molecule has 4 N–H and O–H groups in total. The number of nitrogens with two attached hydrogens (primary N) is 1. The van der Waals surface area contributed by atoms with Gasteiger partial charge in [0.25, 0.3) is 0 Å². The van der Waals surface area contributed by atoms with E-state index in [1.165, 1.54) is 17.0 Å². The number of carbonyl (C=O) groups is 1. The highest BCUT2D eigenvalue weighted by molar-refractivity contribution is 7.09. The Morgan fingerprint density at radius 2 is 1.97 bits per heavy atom. The number of hydrogen-bond donors (Lipinski definition) is 3. The van der Waals surface area contributed by atoms with Crippen LogP contribution in [0.25, 0.3) is 0 Å². The molecule has 30 heavy (non-hydrogen) atoms. The zero-order valence-corrected chi connectivity index (χ0v) is 18.3. The molecule has 0 bridgehead atoms. The Balaban J connectivity index is 0.000000324. The summed E-state index contributed by atoms with van der Waals surface area (Å²) in [6.45, 7) is 4.71. The summed E-state index contributed by atoms with van der Waals surface area (Å²) in [7, 11) is 0. The van der Waals surface area contributed by atoms with Crippen molar-refractivity contribution in [1.82, 2.24) is 9.97 Å². The van der Waals surface area contributed by atoms with E-state index in [1.54, 1.807) is 35.7 Å². The minimum absolute atomic E-state index is 0. The van der Waals surface area contributed by atoms with Gasteiger partial charge in [-0.3, -0.25) is 0 Å². The third-order valence-electron chi connectivity index (χ3n) is 4.19. The SMILES string of the molecule is Cc1ncc(C[n+]2csc(CCO)c2C)c(N)n1.Cl.O=C([O-])C(O)c1ccccc1. The molecule has 8 nitrogen and oxygen atoms in total. The maximum absolute atomic E-state index is 10.1. The first kappa shape index (κ1) is 25.4. The van der Waals surface area contributed by atoms with Crippen LogP contribution in [-0.2, 0) is 17.8 Å². The smallest absolute Gasteiger partial charge is 0.225 e. The van der Waals surface area contributed by atoms with Crippen molar-refractivity contribution >= 4 is 35.5 Å². The van der Waals surface area contributed by atoms with Gasteiger partial charge in [-0.2, -0.15) is 4.57 Å². The van der Waals surface area contributed by atoms with Gasteiger partial charge in [0.05, 0.1) is 16.4 Å². The van der Waals surface area contributed by atoms with Crippen LogP contribution < -0.4 is 15.4 Å². The maximum atomic E-state index is 10.1. The Bertz CT molecular complexity index is 953. The van der Waals surface area contributed by atoms with Crippen molar-refractivity contribution in [3.8, 4) is 0 Å². The molecule has 0 spiro atoms. The number of aryl methyl sites for hydroxylation is 1. The summed E-state index contributed by atoms with van der Waals surface area (Å²) in [5, 5.41) is 28.0. The molecule has 0 radical (unpaired) electrons. The maximum Gasteiger partial charge on any atom is 0.225 e. The minimum atomic E-state index is -1.52. The van der Waals surface area contributed by atoms with Crippen molar-refractivity contribution in [1.29, 1.82) is 0 Å². The molecule has 0 aliphatic carbocycles. The number of rotatable bonds is 6. The molecule has 0 saturated carbocycles. The molecule has 1 aromatic carbocycles. The summed E-state index contributed by atoms with van der Waals surface area (Å²) in [4.78, 5) is 19.7. The van der Waals surface area contributed by atoms with Crippen LogP contribution in [0.2, 0.25) is 0 Å². The van der Waals surface area contributed by atoms with Crippen LogP contribution in [-0.4, -0.2) is 32.8 Å². The number of aliphatic hydroxyl groups excluding tert-OH is 2. The number of aliphatic carboxylic acids is 1. The monoisotopic (exact) mass is 452 g/mol. The molecule has 2 aromatic heterocycles. The summed E-state index contributed by atoms with van der Waals surface area (Å²) < 4.78 is 2.11. The largest absolute Gasteiger partial charge is 0.547 e. The van der Waals surface area contributed by atoms with E-state index in [9.17, 15) is 9.90 Å². The van der Waals surface area contributed by atoms with Crippen LogP contribution in [0.1, 0.15) is 33.6 Å². The zero-order valence-electron chi connectivity index (χ0n) is 16.7. The molecule has 0 saturated heterocycles. The topological polar surface area (TPSA) is 136 Å². The van der Waals surface area contributed by atoms with Crippen LogP contribution in [0.5, 0.6) is 0 Å². The first-order valence-corrected chi connectivity index (χ1v) is 9.80. The van der Waals surface area contributed by atoms with E-state index in [4.69, 9.17) is 15.9 Å². The van der Waals surface area contributed by atoms with Crippen LogP contribution in [0.3, 0.4) is 0 Å². The number of nitrogen functional groups attached to an aromatic ring is 1. The van der Waals surface area contributed by atoms with E-state index in [0.29, 0.717) is 30.2 Å². The van der Waals surface area contributed by atoms with Gasteiger partial charge < -0.3 is 25.8 Å². The van der Waals surface area contributed by atoms with Gasteiger partial charge in [-0.05, 0) is 12.5 Å². The highest BCUT2D eigenvalue weighted by Gasteiger charge is 2.17. The average molecular weight is 453 g/mol. The first-order valence-electron chi connectivity index (χ1n) is 8.92. The lowest BCUT2D eigenvalue weighted by Gasteiger charge is -2.10. The van der Waals surface area contributed by atoms with E-state index in [-0.39, 0.29) is 19.0 Å². The minimum Gasteiger partial charge on any atom is -0.547 e. The number of aliphatic hydroxyl groups is 2. The fraction of sp³-hybridized carbons (Fsp3) is 0.300. The predicted molar refractivity (Wildman–Crippen MR) is 114 cm³/mol. The second-order valence-corrected chi connectivity index (χ2v) is 7.23. The van der Waals surface area contributed by atoms with Crippen LogP contribution in [0.4, 0.5) is 5.82 Å². The van der Waals surface area contributed by atoms with Gasteiger partial charge >= 0.3 is 0 Å². The molecular formula is C20H25ClN4O4S. The van der Waals surface area contributed by atoms with Crippen molar-refractivity contribution < 1.29 is 24.7 Å². The molecule has 2 heterocycles. The summed E-state index contributed by atoms with van der Waals surface area (Å²) in [6.07, 6.45) is 0.952. The molecule has 162 valence electrons. The molecule has 0 fully saturated rings. The van der Waals surface area contributed by atoms with E-state index in [0.717, 1.165) is 11.3 Å². The zero-order chi connectivity index (χ0) is 21.4. The Labute approximate surface area is 185 Å².